The Morgan fingerprint density at radius 2 is 1.81 bits per heavy atom. The summed E-state index contributed by atoms with van der Waals surface area (Å²) in [5, 5.41) is 0.685. The van der Waals surface area contributed by atoms with Crippen LogP contribution in [0, 0.1) is 5.82 Å². The standard InChI is InChI=1S/C17H20ClFN2/c1-11(20)13-8-9-17(16(19)10-13)21(3)12(2)14-6-4-5-7-15(14)18/h4-12H,20H2,1-3H3. The fraction of sp³-hybridized carbons (Fsp3) is 0.294. The Balaban J connectivity index is 2.32. The maximum Gasteiger partial charge on any atom is 0.146 e. The molecule has 2 rings (SSSR count). The minimum Gasteiger partial charge on any atom is -0.365 e. The monoisotopic (exact) mass is 306 g/mol. The van der Waals surface area contributed by atoms with Crippen LogP contribution in [-0.2, 0) is 0 Å². The van der Waals surface area contributed by atoms with Crippen LogP contribution in [0.3, 0.4) is 0 Å². The largest absolute Gasteiger partial charge is 0.365 e. The van der Waals surface area contributed by atoms with Crippen molar-refractivity contribution in [3.63, 3.8) is 0 Å². The van der Waals surface area contributed by atoms with E-state index in [-0.39, 0.29) is 17.9 Å². The molecule has 2 aromatic carbocycles. The summed E-state index contributed by atoms with van der Waals surface area (Å²) in [4.78, 5) is 1.88. The quantitative estimate of drug-likeness (QED) is 0.887. The van der Waals surface area contributed by atoms with E-state index < -0.39 is 0 Å². The van der Waals surface area contributed by atoms with Gasteiger partial charge in [0.1, 0.15) is 5.82 Å². The number of benzene rings is 2. The van der Waals surface area contributed by atoms with Gasteiger partial charge in [0, 0.05) is 18.1 Å². The van der Waals surface area contributed by atoms with E-state index in [2.05, 4.69) is 0 Å². The first-order chi connectivity index (χ1) is 9.91. The molecule has 0 bridgehead atoms. The summed E-state index contributed by atoms with van der Waals surface area (Å²) in [6, 6.07) is 12.5. The van der Waals surface area contributed by atoms with Crippen molar-refractivity contribution in [2.75, 3.05) is 11.9 Å². The molecular weight excluding hydrogens is 287 g/mol. The molecule has 112 valence electrons. The predicted octanol–water partition coefficient (Wildman–Crippen LogP) is 4.70. The number of halogens is 2. The third-order valence-electron chi connectivity index (χ3n) is 3.81. The van der Waals surface area contributed by atoms with Crippen LogP contribution >= 0.6 is 11.6 Å². The van der Waals surface area contributed by atoms with Gasteiger partial charge in [0.25, 0.3) is 0 Å². The Labute approximate surface area is 130 Å². The highest BCUT2D eigenvalue weighted by Crippen LogP contribution is 2.31. The summed E-state index contributed by atoms with van der Waals surface area (Å²) >= 11 is 6.22. The molecule has 4 heteroatoms. The van der Waals surface area contributed by atoms with E-state index in [1.54, 1.807) is 6.07 Å². The molecule has 0 spiro atoms. The van der Waals surface area contributed by atoms with Crippen molar-refractivity contribution < 1.29 is 4.39 Å². The third-order valence-corrected chi connectivity index (χ3v) is 4.16. The lowest BCUT2D eigenvalue weighted by Crippen LogP contribution is -2.23. The second-order valence-electron chi connectivity index (χ2n) is 5.31. The van der Waals surface area contributed by atoms with Crippen LogP contribution in [0.25, 0.3) is 0 Å². The van der Waals surface area contributed by atoms with Gasteiger partial charge in [-0.1, -0.05) is 35.9 Å². The Bertz CT molecular complexity index is 628. The second-order valence-corrected chi connectivity index (χ2v) is 5.72. The smallest absolute Gasteiger partial charge is 0.146 e. The van der Waals surface area contributed by atoms with E-state index in [4.69, 9.17) is 17.3 Å². The number of rotatable bonds is 4. The van der Waals surface area contributed by atoms with Gasteiger partial charge in [-0.2, -0.15) is 0 Å². The maximum atomic E-state index is 14.3. The van der Waals surface area contributed by atoms with Gasteiger partial charge in [0.05, 0.1) is 11.7 Å². The van der Waals surface area contributed by atoms with Crippen molar-refractivity contribution in [1.82, 2.24) is 0 Å². The van der Waals surface area contributed by atoms with E-state index >= 15 is 0 Å². The van der Waals surface area contributed by atoms with Gasteiger partial charge in [-0.05, 0) is 43.2 Å². The van der Waals surface area contributed by atoms with Crippen LogP contribution in [0.1, 0.15) is 37.1 Å². The van der Waals surface area contributed by atoms with Crippen molar-refractivity contribution in [2.45, 2.75) is 25.9 Å². The summed E-state index contributed by atoms with van der Waals surface area (Å²) in [5.74, 6) is -0.272. The minimum atomic E-state index is -0.272. The molecule has 2 N–H and O–H groups in total. The molecular formula is C17H20ClFN2. The van der Waals surface area contributed by atoms with Gasteiger partial charge in [-0.15, -0.1) is 0 Å². The zero-order valence-electron chi connectivity index (χ0n) is 12.5. The zero-order valence-corrected chi connectivity index (χ0v) is 13.2. The van der Waals surface area contributed by atoms with Gasteiger partial charge in [0.15, 0.2) is 0 Å². The summed E-state index contributed by atoms with van der Waals surface area (Å²) in [7, 11) is 1.86. The molecule has 2 nitrogen and oxygen atoms in total. The number of hydrogen-bond donors (Lipinski definition) is 1. The van der Waals surface area contributed by atoms with Crippen molar-refractivity contribution in [1.29, 1.82) is 0 Å². The lowest BCUT2D eigenvalue weighted by Gasteiger charge is -2.28. The molecule has 0 aliphatic carbocycles. The number of nitrogens with zero attached hydrogens (tertiary/aromatic N) is 1. The van der Waals surface area contributed by atoms with E-state index in [1.165, 1.54) is 6.07 Å². The van der Waals surface area contributed by atoms with E-state index in [0.29, 0.717) is 10.7 Å². The van der Waals surface area contributed by atoms with E-state index in [1.807, 2.05) is 56.1 Å². The van der Waals surface area contributed by atoms with Crippen LogP contribution < -0.4 is 10.6 Å². The molecule has 0 fully saturated rings. The zero-order chi connectivity index (χ0) is 15.6. The normalized spacial score (nSPS) is 13.8. The number of nitrogens with two attached hydrogens (primary N) is 1. The highest BCUT2D eigenvalue weighted by molar-refractivity contribution is 6.31. The molecule has 0 saturated carbocycles. The molecule has 0 aliphatic rings. The van der Waals surface area contributed by atoms with Crippen molar-refractivity contribution >= 4 is 17.3 Å². The van der Waals surface area contributed by atoms with Gasteiger partial charge >= 0.3 is 0 Å². The molecule has 0 radical (unpaired) electrons. The van der Waals surface area contributed by atoms with Gasteiger partial charge < -0.3 is 10.6 Å². The Kier molecular flexibility index (Phi) is 4.86. The van der Waals surface area contributed by atoms with Crippen LogP contribution in [0.4, 0.5) is 10.1 Å². The van der Waals surface area contributed by atoms with Gasteiger partial charge in [-0.25, -0.2) is 4.39 Å². The van der Waals surface area contributed by atoms with Crippen molar-refractivity contribution in [3.8, 4) is 0 Å². The molecule has 21 heavy (non-hydrogen) atoms. The molecule has 2 atom stereocenters. The fourth-order valence-corrected chi connectivity index (χ4v) is 2.62. The summed E-state index contributed by atoms with van der Waals surface area (Å²) in [6.45, 7) is 3.84. The predicted molar refractivity (Wildman–Crippen MR) is 87.3 cm³/mol. The SMILES string of the molecule is CC(N)c1ccc(N(C)C(C)c2ccccc2Cl)c(F)c1. The lowest BCUT2D eigenvalue weighted by molar-refractivity contribution is 0.607. The van der Waals surface area contributed by atoms with Crippen LogP contribution in [0.5, 0.6) is 0 Å². The van der Waals surface area contributed by atoms with Crippen LogP contribution in [0.15, 0.2) is 42.5 Å². The molecule has 0 aliphatic heterocycles. The Morgan fingerprint density at radius 1 is 1.14 bits per heavy atom. The molecule has 0 aromatic heterocycles. The first-order valence-corrected chi connectivity index (χ1v) is 7.32. The topological polar surface area (TPSA) is 29.3 Å². The van der Waals surface area contributed by atoms with E-state index in [9.17, 15) is 4.39 Å². The lowest BCUT2D eigenvalue weighted by atomic mass is 10.0. The summed E-state index contributed by atoms with van der Waals surface area (Å²) < 4.78 is 14.3. The van der Waals surface area contributed by atoms with Crippen molar-refractivity contribution in [2.24, 2.45) is 5.73 Å². The molecule has 0 amide bonds. The van der Waals surface area contributed by atoms with Gasteiger partial charge in [0.2, 0.25) is 0 Å². The minimum absolute atomic E-state index is 0.0330. The number of hydrogen-bond acceptors (Lipinski definition) is 2. The average molecular weight is 307 g/mol. The van der Waals surface area contributed by atoms with Gasteiger partial charge in [-0.3, -0.25) is 0 Å². The highest BCUT2D eigenvalue weighted by atomic mass is 35.5. The summed E-state index contributed by atoms with van der Waals surface area (Å²) in [6.07, 6.45) is 0. The Morgan fingerprint density at radius 3 is 2.38 bits per heavy atom. The second kappa shape index (κ2) is 6.46. The average Bonchev–Trinajstić information content (AvgIpc) is 2.46. The van der Waals surface area contributed by atoms with Crippen molar-refractivity contribution in [3.05, 3.63) is 64.4 Å². The molecule has 2 aromatic rings. The molecule has 2 unspecified atom stereocenters. The van der Waals surface area contributed by atoms with Crippen LogP contribution in [0.2, 0.25) is 5.02 Å². The third kappa shape index (κ3) is 3.36. The first-order valence-electron chi connectivity index (χ1n) is 6.94. The van der Waals surface area contributed by atoms with Crippen LogP contribution in [-0.4, -0.2) is 7.05 Å². The maximum absolute atomic E-state index is 14.3. The summed E-state index contributed by atoms with van der Waals surface area (Å²) in [5.41, 5.74) is 8.07. The number of anilines is 1. The molecule has 0 heterocycles. The fourth-order valence-electron chi connectivity index (χ4n) is 2.32. The Hall–Kier alpha value is -1.58. The first kappa shape index (κ1) is 15.8. The highest BCUT2D eigenvalue weighted by Gasteiger charge is 2.18. The molecule has 0 saturated heterocycles. The van der Waals surface area contributed by atoms with E-state index in [0.717, 1.165) is 11.1 Å².